The van der Waals surface area contributed by atoms with Gasteiger partial charge in [0.25, 0.3) is 0 Å². The molecule has 0 saturated heterocycles. The summed E-state index contributed by atoms with van der Waals surface area (Å²) in [4.78, 5) is 0. The van der Waals surface area contributed by atoms with E-state index in [2.05, 4.69) is 25.8 Å². The first kappa shape index (κ1) is 9.86. The second-order valence-electron chi connectivity index (χ2n) is 1.18. The minimum atomic E-state index is -0.433. The van der Waals surface area contributed by atoms with Crippen LogP contribution < -0.4 is 0 Å². The van der Waals surface area contributed by atoms with Crippen LogP contribution in [-0.2, 0) is 12.6 Å². The fraction of sp³-hybridized carbons (Fsp3) is 0. The predicted octanol–water partition coefficient (Wildman–Crippen LogP) is 3.06. The summed E-state index contributed by atoms with van der Waals surface area (Å²) in [6, 6.07) is 12.5. The van der Waals surface area contributed by atoms with E-state index >= 15 is 0 Å². The molecule has 9 heavy (non-hydrogen) atoms. The molecule has 0 spiro atoms. The van der Waals surface area contributed by atoms with Gasteiger partial charge in [0, 0.05) is 0 Å². The van der Waals surface area contributed by atoms with Gasteiger partial charge in [0.05, 0.1) is 0 Å². The zero-order valence-electron chi connectivity index (χ0n) is 4.85. The van der Waals surface area contributed by atoms with Gasteiger partial charge in [-0.15, -0.1) is 0 Å². The maximum absolute atomic E-state index is 5.17. The Bertz CT molecular complexity index is 95.9. The maximum Gasteiger partial charge on any atom is -0.171 e. The summed E-state index contributed by atoms with van der Waals surface area (Å²) in [6.45, 7) is 0. The maximum atomic E-state index is 5.17. The number of hydrogen-bond acceptors (Lipinski definition) is 0. The normalized spacial score (nSPS) is 6.44. The third-order valence-electron chi connectivity index (χ3n) is 0.607. The third kappa shape index (κ3) is 8.86. The average Bonchev–Trinajstić information content (AvgIpc) is 1.93. The van der Waals surface area contributed by atoms with E-state index in [9.17, 15) is 0 Å². The van der Waals surface area contributed by atoms with Gasteiger partial charge < -0.3 is 0 Å². The summed E-state index contributed by atoms with van der Waals surface area (Å²) in [5, 5.41) is 0. The van der Waals surface area contributed by atoms with Crippen molar-refractivity contribution in [3.05, 3.63) is 36.4 Å². The Morgan fingerprint density at radius 3 is 1.78 bits per heavy atom. The SMILES string of the molecule is [Cl][Zn][I].[c-]1ccccc1. The van der Waals surface area contributed by atoms with Crippen molar-refractivity contribution in [1.29, 1.82) is 0 Å². The molecule has 1 aromatic carbocycles. The molecule has 0 atom stereocenters. The zero-order chi connectivity index (χ0) is 6.95. The van der Waals surface area contributed by atoms with E-state index in [0.717, 1.165) is 0 Å². The van der Waals surface area contributed by atoms with Crippen molar-refractivity contribution in [2.45, 2.75) is 0 Å². The molecule has 3 heteroatoms. The molecule has 0 N–H and O–H groups in total. The standard InChI is InChI=1S/C6H5.ClH.HI.Zn/c1-2-4-6-5-3-1;;;/h1-5H;2*1H;/q-1;;;+2/p-2. The molecule has 0 radical (unpaired) electrons. The molecular formula is C6H5ClIZn-. The average molecular weight is 305 g/mol. The van der Waals surface area contributed by atoms with Crippen LogP contribution in [0.25, 0.3) is 0 Å². The zero-order valence-corrected chi connectivity index (χ0v) is 10.7. The van der Waals surface area contributed by atoms with E-state index in [1.807, 2.05) is 30.3 Å². The van der Waals surface area contributed by atoms with Gasteiger partial charge in [-0.25, -0.2) is 0 Å². The molecule has 0 unspecified atom stereocenters. The molecule has 0 nitrogen and oxygen atoms in total. The van der Waals surface area contributed by atoms with Crippen LogP contribution in [0.4, 0.5) is 0 Å². The van der Waals surface area contributed by atoms with E-state index < -0.39 is 12.6 Å². The summed E-state index contributed by atoms with van der Waals surface area (Å²) in [7, 11) is 5.17. The van der Waals surface area contributed by atoms with Crippen molar-refractivity contribution < 1.29 is 12.6 Å². The van der Waals surface area contributed by atoms with Gasteiger partial charge in [-0.2, -0.15) is 36.4 Å². The molecule has 1 rings (SSSR count). The van der Waals surface area contributed by atoms with Gasteiger partial charge in [0.1, 0.15) is 0 Å². The van der Waals surface area contributed by atoms with E-state index in [1.165, 1.54) is 0 Å². The number of hydrogen-bond donors (Lipinski definition) is 0. The Kier molecular flexibility index (Phi) is 9.71. The molecule has 0 bridgehead atoms. The number of halogens is 2. The van der Waals surface area contributed by atoms with Crippen LogP contribution in [0, 0.1) is 6.07 Å². The van der Waals surface area contributed by atoms with Crippen molar-refractivity contribution in [2.24, 2.45) is 0 Å². The van der Waals surface area contributed by atoms with Gasteiger partial charge in [-0.1, -0.05) is 0 Å². The number of benzene rings is 1. The Morgan fingerprint density at radius 1 is 1.22 bits per heavy atom. The number of rotatable bonds is 0. The molecule has 0 aromatic heterocycles. The van der Waals surface area contributed by atoms with Gasteiger partial charge in [0.2, 0.25) is 0 Å². The molecule has 46 valence electrons. The van der Waals surface area contributed by atoms with E-state index in [4.69, 9.17) is 9.69 Å². The van der Waals surface area contributed by atoms with Gasteiger partial charge in [-0.05, 0) is 0 Å². The second-order valence-corrected chi connectivity index (χ2v) is 11.6. The van der Waals surface area contributed by atoms with E-state index in [-0.39, 0.29) is 0 Å². The van der Waals surface area contributed by atoms with Gasteiger partial charge >= 0.3 is 42.1 Å². The minimum Gasteiger partial charge on any atom is -0.184 e. The van der Waals surface area contributed by atoms with Crippen molar-refractivity contribution in [3.8, 4) is 0 Å². The summed E-state index contributed by atoms with van der Waals surface area (Å²) in [6.07, 6.45) is 0. The second kappa shape index (κ2) is 8.86. The van der Waals surface area contributed by atoms with E-state index in [0.29, 0.717) is 0 Å². The first-order valence-corrected chi connectivity index (χ1v) is 15.4. The summed E-state index contributed by atoms with van der Waals surface area (Å²) < 4.78 is 0. The van der Waals surface area contributed by atoms with Gasteiger partial charge in [0.15, 0.2) is 0 Å². The molecule has 0 heterocycles. The van der Waals surface area contributed by atoms with Crippen LogP contribution in [0.3, 0.4) is 0 Å². The molecule has 0 aliphatic rings. The Balaban J connectivity index is 0.000000187. The Labute approximate surface area is 77.8 Å². The topological polar surface area (TPSA) is 0 Å². The summed E-state index contributed by atoms with van der Waals surface area (Å²) >= 11 is 1.81. The molecule has 0 aliphatic carbocycles. The van der Waals surface area contributed by atoms with Crippen LogP contribution in [0.5, 0.6) is 0 Å². The van der Waals surface area contributed by atoms with Crippen LogP contribution in [0.2, 0.25) is 0 Å². The Hall–Kier alpha value is 0.863. The largest absolute Gasteiger partial charge is 0.184 e. The molecular weight excluding hydrogens is 300 g/mol. The first-order valence-electron chi connectivity index (χ1n) is 2.45. The molecule has 0 amide bonds. The summed E-state index contributed by atoms with van der Waals surface area (Å²) in [5.41, 5.74) is 0. The molecule has 0 aliphatic heterocycles. The van der Waals surface area contributed by atoms with Crippen molar-refractivity contribution in [2.75, 3.05) is 0 Å². The van der Waals surface area contributed by atoms with Crippen LogP contribution in [0.15, 0.2) is 30.3 Å². The third-order valence-corrected chi connectivity index (χ3v) is 0.607. The molecule has 1 aromatic rings. The minimum absolute atomic E-state index is 0.433. The van der Waals surface area contributed by atoms with Crippen molar-refractivity contribution in [3.63, 3.8) is 0 Å². The van der Waals surface area contributed by atoms with Crippen molar-refractivity contribution in [1.82, 2.24) is 0 Å². The fourth-order valence-electron chi connectivity index (χ4n) is 0.342. The smallest absolute Gasteiger partial charge is 0.171 e. The molecule has 0 fully saturated rings. The Morgan fingerprint density at radius 2 is 1.67 bits per heavy atom. The molecule has 0 saturated carbocycles. The quantitative estimate of drug-likeness (QED) is 0.393. The van der Waals surface area contributed by atoms with Crippen molar-refractivity contribution >= 4 is 29.4 Å². The van der Waals surface area contributed by atoms with Crippen LogP contribution in [0.1, 0.15) is 0 Å². The summed E-state index contributed by atoms with van der Waals surface area (Å²) in [5.74, 6) is 0. The van der Waals surface area contributed by atoms with Crippen LogP contribution >= 0.6 is 29.4 Å². The van der Waals surface area contributed by atoms with E-state index in [1.54, 1.807) is 0 Å². The van der Waals surface area contributed by atoms with Gasteiger partial charge in [-0.3, -0.25) is 0 Å². The monoisotopic (exact) mass is 303 g/mol. The fourth-order valence-corrected chi connectivity index (χ4v) is 0.342. The van der Waals surface area contributed by atoms with Crippen LogP contribution in [-0.4, -0.2) is 0 Å². The predicted molar refractivity (Wildman–Crippen MR) is 45.2 cm³/mol. The first-order chi connectivity index (χ1) is 4.41.